The minimum absolute atomic E-state index is 0.993. The molecule has 0 unspecified atom stereocenters. The molecule has 0 aliphatic heterocycles. The zero-order chi connectivity index (χ0) is 7.98. The van der Waals surface area contributed by atoms with Crippen LogP contribution in [0.15, 0.2) is 11.1 Å². The predicted molar refractivity (Wildman–Crippen MR) is 48.7 cm³/mol. The van der Waals surface area contributed by atoms with Gasteiger partial charge >= 0.3 is 0 Å². The van der Waals surface area contributed by atoms with Crippen molar-refractivity contribution in [2.75, 3.05) is 13.1 Å². The Labute approximate surface area is 69.5 Å². The van der Waals surface area contributed by atoms with Crippen molar-refractivity contribution in [3.05, 3.63) is 11.1 Å². The molecule has 0 N–H and O–H groups in total. The summed E-state index contributed by atoms with van der Waals surface area (Å²) in [6, 6.07) is 0. The Morgan fingerprint density at radius 1 is 1.30 bits per heavy atom. The largest absolute Gasteiger partial charge is 0.763 e. The first-order valence-corrected chi connectivity index (χ1v) is 4.29. The Morgan fingerprint density at radius 2 is 1.80 bits per heavy atom. The molecule has 0 aromatic rings. The zero-order valence-electron chi connectivity index (χ0n) is 7.05. The summed E-state index contributed by atoms with van der Waals surface area (Å²) in [6.45, 7) is 8.39. The molecule has 0 aliphatic carbocycles. The molecule has 0 spiro atoms. The quantitative estimate of drug-likeness (QED) is 0.577. The molecular formula is C8H16NS-. The number of nitrogens with zero attached hydrogens (tertiary/aromatic N) is 1. The standard InChI is InChI=1S/C8H17NS/c1-4-7-8(10)9(5-2)6-3/h7,10H,4-6H2,1-3H3/p-1/b8-7+. The average Bonchev–Trinajstić information content (AvgIpc) is 1.91. The van der Waals surface area contributed by atoms with Gasteiger partial charge in [-0.05, 0) is 20.3 Å². The normalized spacial score (nSPS) is 11.7. The van der Waals surface area contributed by atoms with E-state index in [-0.39, 0.29) is 0 Å². The van der Waals surface area contributed by atoms with Gasteiger partial charge in [-0.3, -0.25) is 0 Å². The maximum Gasteiger partial charge on any atom is 0.0127 e. The number of allylic oxidation sites excluding steroid dienone is 1. The van der Waals surface area contributed by atoms with Crippen molar-refractivity contribution in [1.82, 2.24) is 4.90 Å². The third kappa shape index (κ3) is 3.06. The summed E-state index contributed by atoms with van der Waals surface area (Å²) >= 11 is 5.14. The molecule has 10 heavy (non-hydrogen) atoms. The lowest BCUT2D eigenvalue weighted by atomic mass is 10.4. The van der Waals surface area contributed by atoms with Crippen molar-refractivity contribution in [1.29, 1.82) is 0 Å². The van der Waals surface area contributed by atoms with E-state index in [9.17, 15) is 0 Å². The van der Waals surface area contributed by atoms with Crippen molar-refractivity contribution in [3.63, 3.8) is 0 Å². The first kappa shape index (κ1) is 9.76. The first-order chi connectivity index (χ1) is 4.76. The lowest BCUT2D eigenvalue weighted by molar-refractivity contribution is 0.408. The minimum atomic E-state index is 0.993. The fraction of sp³-hybridized carbons (Fsp3) is 0.750. The van der Waals surface area contributed by atoms with Crippen molar-refractivity contribution < 1.29 is 0 Å². The highest BCUT2D eigenvalue weighted by molar-refractivity contribution is 7.63. The molecule has 0 atom stereocenters. The number of rotatable bonds is 4. The van der Waals surface area contributed by atoms with Gasteiger partial charge in [-0.25, -0.2) is 0 Å². The second-order valence-corrected chi connectivity index (χ2v) is 2.54. The van der Waals surface area contributed by atoms with Gasteiger partial charge < -0.3 is 17.5 Å². The summed E-state index contributed by atoms with van der Waals surface area (Å²) in [4.78, 5) is 2.18. The van der Waals surface area contributed by atoms with Crippen LogP contribution in [0.1, 0.15) is 27.2 Å². The molecule has 0 radical (unpaired) electrons. The van der Waals surface area contributed by atoms with Gasteiger partial charge in [0.1, 0.15) is 0 Å². The van der Waals surface area contributed by atoms with Crippen molar-refractivity contribution >= 4 is 12.6 Å². The summed E-state index contributed by atoms with van der Waals surface area (Å²) in [5.41, 5.74) is 0. The SMILES string of the molecule is CC/C=C(/[S-])N(CC)CC. The van der Waals surface area contributed by atoms with Crippen molar-refractivity contribution in [2.45, 2.75) is 27.2 Å². The third-order valence-corrected chi connectivity index (χ3v) is 1.88. The lowest BCUT2D eigenvalue weighted by Gasteiger charge is -2.29. The van der Waals surface area contributed by atoms with E-state index >= 15 is 0 Å². The number of hydrogen-bond donors (Lipinski definition) is 0. The Morgan fingerprint density at radius 3 is 2.10 bits per heavy atom. The van der Waals surface area contributed by atoms with E-state index in [4.69, 9.17) is 12.6 Å². The summed E-state index contributed by atoms with van der Waals surface area (Å²) in [5.74, 6) is 0. The molecule has 0 saturated heterocycles. The van der Waals surface area contributed by atoms with E-state index < -0.39 is 0 Å². The topological polar surface area (TPSA) is 3.24 Å². The second kappa shape index (κ2) is 5.54. The van der Waals surface area contributed by atoms with Gasteiger partial charge in [0.2, 0.25) is 0 Å². The van der Waals surface area contributed by atoms with Crippen molar-refractivity contribution in [3.8, 4) is 0 Å². The Hall–Kier alpha value is -0.240. The fourth-order valence-corrected chi connectivity index (χ4v) is 1.26. The molecule has 0 fully saturated rings. The van der Waals surface area contributed by atoms with E-state index in [1.807, 2.05) is 0 Å². The van der Waals surface area contributed by atoms with E-state index in [2.05, 4.69) is 31.7 Å². The molecule has 0 saturated carbocycles. The summed E-state index contributed by atoms with van der Waals surface area (Å²) in [7, 11) is 0. The first-order valence-electron chi connectivity index (χ1n) is 3.88. The van der Waals surface area contributed by atoms with Crippen LogP contribution in [0, 0.1) is 0 Å². The molecule has 0 bridgehead atoms. The summed E-state index contributed by atoms with van der Waals surface area (Å²) in [6.07, 6.45) is 3.12. The Balaban J connectivity index is 3.87. The second-order valence-electron chi connectivity index (χ2n) is 2.12. The highest BCUT2D eigenvalue weighted by Crippen LogP contribution is 2.01. The highest BCUT2D eigenvalue weighted by Gasteiger charge is 1.89. The molecule has 0 aromatic heterocycles. The smallest absolute Gasteiger partial charge is 0.0127 e. The van der Waals surface area contributed by atoms with Gasteiger partial charge in [-0.1, -0.05) is 13.0 Å². The van der Waals surface area contributed by atoms with Gasteiger partial charge in [0.05, 0.1) is 0 Å². The summed E-state index contributed by atoms with van der Waals surface area (Å²) < 4.78 is 0. The van der Waals surface area contributed by atoms with Gasteiger partial charge in [0.15, 0.2) is 0 Å². The van der Waals surface area contributed by atoms with Gasteiger partial charge in [-0.2, -0.15) is 0 Å². The van der Waals surface area contributed by atoms with Crippen LogP contribution in [0.5, 0.6) is 0 Å². The van der Waals surface area contributed by atoms with Gasteiger partial charge in [0.25, 0.3) is 0 Å². The third-order valence-electron chi connectivity index (χ3n) is 1.45. The molecule has 0 aliphatic rings. The molecule has 1 nitrogen and oxygen atoms in total. The Bertz CT molecular complexity index is 106. The maximum atomic E-state index is 5.14. The van der Waals surface area contributed by atoms with Crippen LogP contribution in [0.2, 0.25) is 0 Å². The predicted octanol–water partition coefficient (Wildman–Crippen LogP) is 2.13. The molecular weight excluding hydrogens is 142 g/mol. The van der Waals surface area contributed by atoms with E-state index in [1.54, 1.807) is 0 Å². The van der Waals surface area contributed by atoms with Crippen LogP contribution in [0.25, 0.3) is 0 Å². The van der Waals surface area contributed by atoms with Crippen LogP contribution in [-0.2, 0) is 12.6 Å². The zero-order valence-corrected chi connectivity index (χ0v) is 7.87. The van der Waals surface area contributed by atoms with Crippen LogP contribution in [0.4, 0.5) is 0 Å². The van der Waals surface area contributed by atoms with E-state index in [0.717, 1.165) is 24.5 Å². The van der Waals surface area contributed by atoms with Crippen LogP contribution < -0.4 is 0 Å². The molecule has 0 heterocycles. The van der Waals surface area contributed by atoms with Crippen molar-refractivity contribution in [2.24, 2.45) is 0 Å². The molecule has 0 aromatic carbocycles. The van der Waals surface area contributed by atoms with Crippen LogP contribution in [0.3, 0.4) is 0 Å². The van der Waals surface area contributed by atoms with Gasteiger partial charge in [-0.15, -0.1) is 5.03 Å². The van der Waals surface area contributed by atoms with Crippen LogP contribution >= 0.6 is 0 Å². The highest BCUT2D eigenvalue weighted by atomic mass is 32.1. The monoisotopic (exact) mass is 158 g/mol. The number of hydrogen-bond acceptors (Lipinski definition) is 2. The van der Waals surface area contributed by atoms with Crippen LogP contribution in [-0.4, -0.2) is 18.0 Å². The molecule has 0 rings (SSSR count). The molecule has 60 valence electrons. The fourth-order valence-electron chi connectivity index (χ4n) is 0.839. The van der Waals surface area contributed by atoms with E-state index in [1.165, 1.54) is 0 Å². The molecule has 0 amide bonds. The summed E-state index contributed by atoms with van der Waals surface area (Å²) in [5, 5.41) is 0.993. The van der Waals surface area contributed by atoms with E-state index in [0.29, 0.717) is 0 Å². The maximum absolute atomic E-state index is 5.14. The lowest BCUT2D eigenvalue weighted by Crippen LogP contribution is -2.20. The average molecular weight is 158 g/mol. The minimum Gasteiger partial charge on any atom is -0.763 e. The Kier molecular flexibility index (Phi) is 5.40. The molecule has 2 heteroatoms. The van der Waals surface area contributed by atoms with Gasteiger partial charge in [0, 0.05) is 13.1 Å².